The molecule has 0 aliphatic rings. The minimum atomic E-state index is -3.83. The third-order valence-corrected chi connectivity index (χ3v) is 0. The Morgan fingerprint density at radius 3 is 1.67 bits per heavy atom. The van der Waals surface area contributed by atoms with Crippen LogP contribution >= 0.6 is 0 Å². The van der Waals surface area contributed by atoms with Gasteiger partial charge in [0.25, 0.3) is 0 Å². The van der Waals surface area contributed by atoms with E-state index in [1.807, 2.05) is 0 Å². The van der Waals surface area contributed by atoms with Crippen molar-refractivity contribution in [3.63, 3.8) is 0 Å². The van der Waals surface area contributed by atoms with E-state index in [1.165, 1.54) is 0 Å². The molecule has 0 saturated heterocycles. The zero-order valence-corrected chi connectivity index (χ0v) is 5.47. The van der Waals surface area contributed by atoms with Gasteiger partial charge in [0, 0.05) is 0 Å². The summed E-state index contributed by atoms with van der Waals surface area (Å²) in [5, 5.41) is 0. The van der Waals surface area contributed by atoms with Gasteiger partial charge < -0.3 is 5.48 Å². The quantitative estimate of drug-likeness (QED) is 0.381. The fourth-order valence-electron chi connectivity index (χ4n) is 0. The topological polar surface area (TPSA) is 88.9 Å². The molecule has 32 valence electrons. The fourth-order valence-corrected chi connectivity index (χ4v) is 0. The maximum atomic E-state index is 8.69. The van der Waals surface area contributed by atoms with Crippen LogP contribution in [0.5, 0.6) is 0 Å². The van der Waals surface area contributed by atoms with Gasteiger partial charge in [0.05, 0.1) is 0 Å². The Kier molecular flexibility index (Phi) is 24.5. The molecule has 0 saturated carbocycles. The molecule has 0 unspecified atom stereocenters. The molecule has 1 N–H and O–H groups in total. The molecule has 0 atom stereocenters. The van der Waals surface area contributed by atoms with Crippen molar-refractivity contribution in [1.82, 2.24) is 0 Å². The van der Waals surface area contributed by atoms with Crippen LogP contribution in [0.3, 0.4) is 0 Å². The van der Waals surface area contributed by atoms with Crippen LogP contribution < -0.4 is 3.69 Å². The number of rotatable bonds is 0. The molecular formula is HAlO4Ti. The van der Waals surface area contributed by atoms with Gasteiger partial charge in [-0.1, -0.05) is 0 Å². The van der Waals surface area contributed by atoms with Crippen molar-refractivity contribution < 1.29 is 34.8 Å². The van der Waals surface area contributed by atoms with Crippen molar-refractivity contribution >= 4 is 17.4 Å². The van der Waals surface area contributed by atoms with E-state index in [0.29, 0.717) is 0 Å². The second-order valence-corrected chi connectivity index (χ2v) is 1.10. The molecule has 0 amide bonds. The molecule has 0 radical (unpaired) electrons. The SMILES string of the molecule is [Al+3].[O-2].[O]=[Ti]([O-])[OH]. The molecular weight excluding hydrogens is 139 g/mol. The Labute approximate surface area is 52.3 Å². The van der Waals surface area contributed by atoms with E-state index in [1.54, 1.807) is 0 Å². The van der Waals surface area contributed by atoms with Crippen molar-refractivity contribution in [3.8, 4) is 0 Å². The summed E-state index contributed by atoms with van der Waals surface area (Å²) in [5.41, 5.74) is 0. The molecule has 0 heterocycles. The van der Waals surface area contributed by atoms with E-state index in [9.17, 15) is 0 Å². The molecule has 0 fully saturated rings. The van der Waals surface area contributed by atoms with E-state index >= 15 is 0 Å². The predicted octanol–water partition coefficient (Wildman–Crippen LogP) is -2.37. The normalized spacial score (nSPS) is 4.33. The molecule has 6 heavy (non-hydrogen) atoms. The summed E-state index contributed by atoms with van der Waals surface area (Å²) in [4.78, 5) is 0. The Balaban J connectivity index is -0.0000000450. The van der Waals surface area contributed by atoms with E-state index in [0.717, 1.165) is 0 Å². The first-order valence-corrected chi connectivity index (χ1v) is 2.61. The van der Waals surface area contributed by atoms with Crippen LogP contribution in [0.4, 0.5) is 0 Å². The molecule has 0 bridgehead atoms. The number of hydrogen-bond acceptors (Lipinski definition) is 2. The predicted molar refractivity (Wildman–Crippen MR) is 9.35 cm³/mol. The molecule has 0 aliphatic heterocycles. The van der Waals surface area contributed by atoms with Gasteiger partial charge in [-0.25, -0.2) is 0 Å². The summed E-state index contributed by atoms with van der Waals surface area (Å²) < 4.78 is 24.5. The van der Waals surface area contributed by atoms with Crippen molar-refractivity contribution in [2.24, 2.45) is 0 Å². The summed E-state index contributed by atoms with van der Waals surface area (Å²) in [6.07, 6.45) is 0. The van der Waals surface area contributed by atoms with Crippen LogP contribution in [0.15, 0.2) is 0 Å². The van der Waals surface area contributed by atoms with Crippen LogP contribution in [0.25, 0.3) is 0 Å². The standard InChI is InChI=1S/Al.H2O.3O.Ti/h;1H2;;;;/q+3;;;-2;-1;+1/p-1. The first kappa shape index (κ1) is 15.8. The zero-order valence-electron chi connectivity index (χ0n) is 2.75. The van der Waals surface area contributed by atoms with Gasteiger partial charge >= 0.3 is 46.7 Å². The van der Waals surface area contributed by atoms with E-state index in [4.69, 9.17) is 10.7 Å². The molecule has 0 aromatic carbocycles. The Bertz CT molecular complexity index is 30.5. The van der Waals surface area contributed by atoms with Crippen LogP contribution in [0.2, 0.25) is 0 Å². The minimum absolute atomic E-state index is 0. The van der Waals surface area contributed by atoms with Gasteiger partial charge in [0.1, 0.15) is 0 Å². The average molecular weight is 140 g/mol. The third-order valence-electron chi connectivity index (χ3n) is 0. The molecule has 0 rings (SSSR count). The zero-order chi connectivity index (χ0) is 3.58. The molecule has 0 aromatic heterocycles. The number of hydrogen-bond donors (Lipinski definition) is 1. The second-order valence-electron chi connectivity index (χ2n) is 0.266. The van der Waals surface area contributed by atoms with Gasteiger partial charge in [-0.2, -0.15) is 0 Å². The van der Waals surface area contributed by atoms with Crippen molar-refractivity contribution in [1.29, 1.82) is 0 Å². The second kappa shape index (κ2) is 9.33. The molecule has 0 aliphatic carbocycles. The summed E-state index contributed by atoms with van der Waals surface area (Å²) >= 11 is -3.83. The Morgan fingerprint density at radius 2 is 1.67 bits per heavy atom. The van der Waals surface area contributed by atoms with Crippen molar-refractivity contribution in [2.45, 2.75) is 0 Å². The van der Waals surface area contributed by atoms with E-state index in [2.05, 4.69) is 0 Å². The van der Waals surface area contributed by atoms with Gasteiger partial charge in [-0.3, -0.25) is 0 Å². The average Bonchev–Trinajstić information content (AvgIpc) is 0.811. The van der Waals surface area contributed by atoms with Gasteiger partial charge in [-0.05, 0) is 0 Å². The Hall–Kier alpha value is 0.927. The first-order valence-electron chi connectivity index (χ1n) is 0.632. The molecule has 0 aromatic rings. The van der Waals surface area contributed by atoms with Crippen LogP contribution in [-0.2, 0) is 27.4 Å². The van der Waals surface area contributed by atoms with Gasteiger partial charge in [0.2, 0.25) is 0 Å². The van der Waals surface area contributed by atoms with Crippen LogP contribution in [0, 0.1) is 0 Å². The summed E-state index contributed by atoms with van der Waals surface area (Å²) in [7, 11) is 0. The molecule has 4 nitrogen and oxygen atoms in total. The van der Waals surface area contributed by atoms with E-state index < -0.39 is 18.6 Å². The Morgan fingerprint density at radius 1 is 1.67 bits per heavy atom. The summed E-state index contributed by atoms with van der Waals surface area (Å²) in [5.74, 6) is 0. The summed E-state index contributed by atoms with van der Waals surface area (Å²) in [6, 6.07) is 0. The first-order chi connectivity index (χ1) is 1.73. The molecule has 0 spiro atoms. The molecule has 6 heteroatoms. The monoisotopic (exact) mass is 140 g/mol. The van der Waals surface area contributed by atoms with Crippen molar-refractivity contribution in [2.75, 3.05) is 0 Å². The van der Waals surface area contributed by atoms with Gasteiger partial charge in [-0.15, -0.1) is 0 Å². The van der Waals surface area contributed by atoms with Crippen molar-refractivity contribution in [3.05, 3.63) is 0 Å². The maximum absolute atomic E-state index is 8.69. The van der Waals surface area contributed by atoms with Crippen LogP contribution in [-0.4, -0.2) is 21.0 Å². The van der Waals surface area contributed by atoms with Crippen LogP contribution in [0.1, 0.15) is 0 Å². The fraction of sp³-hybridized carbons (Fsp3) is 0. The summed E-state index contributed by atoms with van der Waals surface area (Å²) in [6.45, 7) is 0. The van der Waals surface area contributed by atoms with Gasteiger partial charge in [0.15, 0.2) is 0 Å². The third kappa shape index (κ3) is 88.5. The van der Waals surface area contributed by atoms with E-state index in [-0.39, 0.29) is 22.8 Å².